The summed E-state index contributed by atoms with van der Waals surface area (Å²) in [5, 5.41) is 21.5. The molecule has 4 rings (SSSR count). The Hall–Kier alpha value is -4.01. The molecule has 2 aliphatic rings. The van der Waals surface area contributed by atoms with E-state index in [4.69, 9.17) is 9.47 Å². The molecule has 1 fully saturated rings. The zero-order valence-corrected chi connectivity index (χ0v) is 20.4. The summed E-state index contributed by atoms with van der Waals surface area (Å²) in [4.78, 5) is 39.0. The zero-order chi connectivity index (χ0) is 26.7. The van der Waals surface area contributed by atoms with Gasteiger partial charge in [0.1, 0.15) is 11.9 Å². The second-order valence-corrected chi connectivity index (χ2v) is 9.10. The monoisotopic (exact) mass is 510 g/mol. The summed E-state index contributed by atoms with van der Waals surface area (Å²) < 4.78 is 25.7. The van der Waals surface area contributed by atoms with E-state index in [2.05, 4.69) is 5.32 Å². The Bertz CT molecular complexity index is 1260. The quantitative estimate of drug-likeness (QED) is 0.608. The van der Waals surface area contributed by atoms with Crippen LogP contribution in [0.3, 0.4) is 0 Å². The van der Waals surface area contributed by atoms with Crippen molar-refractivity contribution in [1.82, 2.24) is 15.1 Å². The summed E-state index contributed by atoms with van der Waals surface area (Å²) in [7, 11) is 3.14. The minimum Gasteiger partial charge on any atom is -0.465 e. The summed E-state index contributed by atoms with van der Waals surface area (Å²) in [5.74, 6) is -1.24. The van der Waals surface area contributed by atoms with Gasteiger partial charge in [-0.3, -0.25) is 9.59 Å². The zero-order valence-electron chi connectivity index (χ0n) is 20.4. The molecule has 194 valence electrons. The van der Waals surface area contributed by atoms with Crippen LogP contribution in [0.1, 0.15) is 21.5 Å². The SMILES string of the molecule is CO[C@H]1CO[C@H](C(=O)NC(C#N)Cc2ccc(-c3ccc4c(c3)CN(C)C4=O)cc2F)CN(C(=O)O)C1. The molecule has 37 heavy (non-hydrogen) atoms. The Morgan fingerprint density at radius 3 is 2.68 bits per heavy atom. The number of hydrogen-bond donors (Lipinski definition) is 2. The molecule has 0 spiro atoms. The van der Waals surface area contributed by atoms with Crippen molar-refractivity contribution in [3.05, 3.63) is 58.9 Å². The van der Waals surface area contributed by atoms with Gasteiger partial charge in [0.2, 0.25) is 0 Å². The molecule has 2 heterocycles. The van der Waals surface area contributed by atoms with Gasteiger partial charge in [-0.25, -0.2) is 9.18 Å². The van der Waals surface area contributed by atoms with Gasteiger partial charge in [-0.15, -0.1) is 0 Å². The first-order chi connectivity index (χ1) is 17.7. The Labute approximate surface area is 213 Å². The Morgan fingerprint density at radius 2 is 2.00 bits per heavy atom. The number of fused-ring (bicyclic) bond motifs is 1. The molecule has 2 aromatic carbocycles. The molecule has 1 saturated heterocycles. The number of halogens is 1. The van der Waals surface area contributed by atoms with Gasteiger partial charge in [0, 0.05) is 32.7 Å². The lowest BCUT2D eigenvalue weighted by Gasteiger charge is -2.22. The average molecular weight is 511 g/mol. The third-order valence-electron chi connectivity index (χ3n) is 6.56. The van der Waals surface area contributed by atoms with E-state index < -0.39 is 36.1 Å². The highest BCUT2D eigenvalue weighted by molar-refractivity contribution is 5.98. The maximum Gasteiger partial charge on any atom is 0.407 e. The van der Waals surface area contributed by atoms with Crippen molar-refractivity contribution in [2.24, 2.45) is 0 Å². The van der Waals surface area contributed by atoms with Gasteiger partial charge in [0.05, 0.1) is 31.9 Å². The lowest BCUT2D eigenvalue weighted by Crippen LogP contribution is -2.47. The molecule has 3 atom stereocenters. The lowest BCUT2D eigenvalue weighted by atomic mass is 9.97. The van der Waals surface area contributed by atoms with Crippen molar-refractivity contribution >= 4 is 17.9 Å². The van der Waals surface area contributed by atoms with Crippen LogP contribution in [0.15, 0.2) is 36.4 Å². The van der Waals surface area contributed by atoms with Crippen molar-refractivity contribution in [2.75, 3.05) is 33.9 Å². The van der Waals surface area contributed by atoms with Gasteiger partial charge in [-0.05, 0) is 40.5 Å². The van der Waals surface area contributed by atoms with Gasteiger partial charge in [0.25, 0.3) is 11.8 Å². The standard InChI is InChI=1S/C26H27FN4O6/c1-30-11-18-7-15(5-6-21(18)25(30)33)16-3-4-17(22(27)9-16)8-19(10-28)29-24(32)23-13-31(26(34)35)12-20(36-2)14-37-23/h3-7,9,19-20,23H,8,11-14H2,1-2H3,(H,29,32)(H,34,35)/t19?,20-,23+/m1/s1. The maximum atomic E-state index is 15.0. The van der Waals surface area contributed by atoms with Crippen LogP contribution in [0.4, 0.5) is 9.18 Å². The van der Waals surface area contributed by atoms with Gasteiger partial charge >= 0.3 is 6.09 Å². The van der Waals surface area contributed by atoms with E-state index in [1.54, 1.807) is 36.2 Å². The summed E-state index contributed by atoms with van der Waals surface area (Å²) in [6.45, 7) is 0.336. The Balaban J connectivity index is 1.43. The molecular formula is C26H27FN4O6. The molecule has 0 radical (unpaired) electrons. The summed E-state index contributed by atoms with van der Waals surface area (Å²) in [6, 6.07) is 10.9. The fraction of sp³-hybridized carbons (Fsp3) is 0.385. The lowest BCUT2D eigenvalue weighted by molar-refractivity contribution is -0.134. The molecule has 3 amide bonds. The predicted molar refractivity (Wildman–Crippen MR) is 129 cm³/mol. The van der Waals surface area contributed by atoms with Crippen LogP contribution < -0.4 is 5.32 Å². The molecule has 2 N–H and O–H groups in total. The van der Waals surface area contributed by atoms with E-state index in [-0.39, 0.29) is 37.6 Å². The van der Waals surface area contributed by atoms with Crippen molar-refractivity contribution in [2.45, 2.75) is 31.2 Å². The van der Waals surface area contributed by atoms with Crippen molar-refractivity contribution in [3.63, 3.8) is 0 Å². The van der Waals surface area contributed by atoms with E-state index in [1.807, 2.05) is 12.1 Å². The first-order valence-electron chi connectivity index (χ1n) is 11.7. The molecule has 11 heteroatoms. The number of carbonyl (C=O) groups is 3. The van der Waals surface area contributed by atoms with Crippen LogP contribution in [0.2, 0.25) is 0 Å². The number of nitrogens with one attached hydrogen (secondary N) is 1. The minimum atomic E-state index is -1.22. The van der Waals surface area contributed by atoms with Gasteiger partial charge < -0.3 is 29.7 Å². The molecule has 0 aromatic heterocycles. The third-order valence-corrected chi connectivity index (χ3v) is 6.56. The molecule has 2 aliphatic heterocycles. The smallest absolute Gasteiger partial charge is 0.407 e. The number of carbonyl (C=O) groups excluding carboxylic acids is 2. The second-order valence-electron chi connectivity index (χ2n) is 9.10. The number of benzene rings is 2. The highest BCUT2D eigenvalue weighted by Gasteiger charge is 2.32. The molecule has 10 nitrogen and oxygen atoms in total. The first kappa shape index (κ1) is 26.1. The third kappa shape index (κ3) is 5.71. The summed E-state index contributed by atoms with van der Waals surface area (Å²) in [6.07, 6.45) is -2.97. The van der Waals surface area contributed by atoms with Crippen molar-refractivity contribution in [1.29, 1.82) is 5.26 Å². The van der Waals surface area contributed by atoms with Crippen molar-refractivity contribution in [3.8, 4) is 17.2 Å². The molecule has 2 aromatic rings. The first-order valence-corrected chi connectivity index (χ1v) is 11.7. The minimum absolute atomic E-state index is 0.0127. The van der Waals surface area contributed by atoms with Gasteiger partial charge in [0.15, 0.2) is 6.10 Å². The number of carboxylic acid groups (broad SMARTS) is 1. The largest absolute Gasteiger partial charge is 0.465 e. The summed E-state index contributed by atoms with van der Waals surface area (Å²) in [5.41, 5.74) is 3.14. The Kier molecular flexibility index (Phi) is 7.71. The molecule has 0 aliphatic carbocycles. The Morgan fingerprint density at radius 1 is 1.27 bits per heavy atom. The highest BCUT2D eigenvalue weighted by atomic mass is 19.1. The number of amides is 3. The van der Waals surface area contributed by atoms with Crippen LogP contribution in [0, 0.1) is 17.1 Å². The van der Waals surface area contributed by atoms with Crippen LogP contribution in [0.5, 0.6) is 0 Å². The number of hydrogen-bond acceptors (Lipinski definition) is 6. The van der Waals surface area contributed by atoms with Gasteiger partial charge in [-0.2, -0.15) is 5.26 Å². The normalized spacial score (nSPS) is 20.1. The van der Waals surface area contributed by atoms with E-state index in [1.165, 1.54) is 13.2 Å². The number of nitriles is 1. The molecule has 0 saturated carbocycles. The fourth-order valence-corrected chi connectivity index (χ4v) is 4.46. The average Bonchev–Trinajstić information content (AvgIpc) is 3.04. The molecule has 0 bridgehead atoms. The molecule has 1 unspecified atom stereocenters. The fourth-order valence-electron chi connectivity index (χ4n) is 4.46. The topological polar surface area (TPSA) is 132 Å². The van der Waals surface area contributed by atoms with Gasteiger partial charge in [-0.1, -0.05) is 18.2 Å². The predicted octanol–water partition coefficient (Wildman–Crippen LogP) is 2.02. The van der Waals surface area contributed by atoms with E-state index in [0.717, 1.165) is 16.0 Å². The van der Waals surface area contributed by atoms with Crippen LogP contribution in [0.25, 0.3) is 11.1 Å². The highest BCUT2D eigenvalue weighted by Crippen LogP contribution is 2.29. The molecular weight excluding hydrogens is 483 g/mol. The number of nitrogens with zero attached hydrogens (tertiary/aromatic N) is 3. The van der Waals surface area contributed by atoms with E-state index in [9.17, 15) is 24.8 Å². The number of rotatable bonds is 6. The van der Waals surface area contributed by atoms with Crippen molar-refractivity contribution < 1.29 is 33.4 Å². The van der Waals surface area contributed by atoms with E-state index in [0.29, 0.717) is 17.7 Å². The second kappa shape index (κ2) is 10.9. The number of ether oxygens (including phenoxy) is 2. The number of methoxy groups -OCH3 is 1. The van der Waals surface area contributed by atoms with Crippen LogP contribution in [-0.2, 0) is 27.2 Å². The van der Waals surface area contributed by atoms with Crippen LogP contribution in [-0.4, -0.2) is 84.9 Å². The van der Waals surface area contributed by atoms with Crippen LogP contribution >= 0.6 is 0 Å². The van der Waals surface area contributed by atoms with E-state index >= 15 is 4.39 Å². The summed E-state index contributed by atoms with van der Waals surface area (Å²) >= 11 is 0. The maximum absolute atomic E-state index is 15.0.